The maximum absolute atomic E-state index is 12.9. The van der Waals surface area contributed by atoms with E-state index >= 15 is 0 Å². The summed E-state index contributed by atoms with van der Waals surface area (Å²) in [5.41, 5.74) is 0.488. The third-order valence-electron chi connectivity index (χ3n) is 5.41. The highest BCUT2D eigenvalue weighted by molar-refractivity contribution is 6.07. The van der Waals surface area contributed by atoms with Gasteiger partial charge >= 0.3 is 11.9 Å². The van der Waals surface area contributed by atoms with Gasteiger partial charge in [0.05, 0.1) is 25.0 Å². The molecule has 0 N–H and O–H groups in total. The first-order valence-corrected chi connectivity index (χ1v) is 12.3. The molecule has 0 saturated heterocycles. The lowest BCUT2D eigenvalue weighted by Gasteiger charge is -2.22. The van der Waals surface area contributed by atoms with Gasteiger partial charge in [0.15, 0.2) is 17.3 Å². The third kappa shape index (κ3) is 7.68. The minimum absolute atomic E-state index is 0.241. The van der Waals surface area contributed by atoms with Crippen LogP contribution in [0.15, 0.2) is 36.4 Å². The van der Waals surface area contributed by atoms with E-state index < -0.39 is 10.8 Å². The summed E-state index contributed by atoms with van der Waals surface area (Å²) in [5.74, 6) is 0.361. The van der Waals surface area contributed by atoms with Gasteiger partial charge in [-0.3, -0.25) is 14.4 Å². The van der Waals surface area contributed by atoms with Crippen LogP contribution in [0.3, 0.4) is 0 Å². The van der Waals surface area contributed by atoms with Crippen molar-refractivity contribution < 1.29 is 33.3 Å². The standard InChI is InChI=1S/C30H38O7/c1-10-11-20-18-21(24(34-8)26(35-9)25(20)37-28(33)30(5,6)7)14-17-23(31)19-12-15-22(16-13-19)36-27(32)29(2,3)4/h12-18H,10-11H2,1-9H3. The van der Waals surface area contributed by atoms with Gasteiger partial charge in [0.2, 0.25) is 5.75 Å². The Kier molecular flexibility index (Phi) is 9.67. The molecular weight excluding hydrogens is 472 g/mol. The highest BCUT2D eigenvalue weighted by Gasteiger charge is 2.28. The zero-order valence-corrected chi connectivity index (χ0v) is 23.3. The van der Waals surface area contributed by atoms with E-state index in [-0.39, 0.29) is 17.7 Å². The van der Waals surface area contributed by atoms with Crippen LogP contribution < -0.4 is 18.9 Å². The second-order valence-corrected chi connectivity index (χ2v) is 10.8. The number of rotatable bonds is 9. The lowest BCUT2D eigenvalue weighted by Crippen LogP contribution is -2.26. The minimum Gasteiger partial charge on any atom is -0.492 e. The molecule has 0 aliphatic heterocycles. The van der Waals surface area contributed by atoms with Crippen molar-refractivity contribution in [3.8, 4) is 23.0 Å². The highest BCUT2D eigenvalue weighted by Crippen LogP contribution is 2.44. The van der Waals surface area contributed by atoms with E-state index in [1.165, 1.54) is 20.3 Å². The zero-order valence-electron chi connectivity index (χ0n) is 23.3. The second kappa shape index (κ2) is 12.1. The van der Waals surface area contributed by atoms with Crippen LogP contribution in [0.4, 0.5) is 0 Å². The molecule has 2 aromatic rings. The normalized spacial score (nSPS) is 11.8. The highest BCUT2D eigenvalue weighted by atomic mass is 16.6. The Labute approximate surface area is 219 Å². The number of esters is 2. The third-order valence-corrected chi connectivity index (χ3v) is 5.41. The van der Waals surface area contributed by atoms with Gasteiger partial charge in [0.25, 0.3) is 0 Å². The number of allylic oxidation sites excluding steroid dienone is 1. The molecule has 7 heteroatoms. The number of aryl methyl sites for hydroxylation is 1. The van der Waals surface area contributed by atoms with Crippen molar-refractivity contribution in [3.05, 3.63) is 53.1 Å². The van der Waals surface area contributed by atoms with Crippen molar-refractivity contribution in [2.24, 2.45) is 10.8 Å². The van der Waals surface area contributed by atoms with Crippen LogP contribution in [-0.2, 0) is 16.0 Å². The van der Waals surface area contributed by atoms with Gasteiger partial charge in [-0.25, -0.2) is 0 Å². The summed E-state index contributed by atoms with van der Waals surface area (Å²) in [4.78, 5) is 37.6. The van der Waals surface area contributed by atoms with Crippen LogP contribution in [0.5, 0.6) is 23.0 Å². The number of ketones is 1. The molecule has 0 unspecified atom stereocenters. The van der Waals surface area contributed by atoms with E-state index in [2.05, 4.69) is 0 Å². The fourth-order valence-electron chi connectivity index (χ4n) is 3.24. The molecule has 0 amide bonds. The monoisotopic (exact) mass is 510 g/mol. The number of carbonyl (C=O) groups excluding carboxylic acids is 3. The average Bonchev–Trinajstić information content (AvgIpc) is 2.82. The van der Waals surface area contributed by atoms with Crippen LogP contribution in [0, 0.1) is 10.8 Å². The Balaban J connectivity index is 2.39. The number of hydrogen-bond donors (Lipinski definition) is 0. The summed E-state index contributed by atoms with van der Waals surface area (Å²) in [6.07, 6.45) is 4.52. The number of benzene rings is 2. The van der Waals surface area contributed by atoms with E-state index in [1.807, 2.05) is 13.0 Å². The smallest absolute Gasteiger partial charge is 0.316 e. The van der Waals surface area contributed by atoms with E-state index in [1.54, 1.807) is 71.9 Å². The summed E-state index contributed by atoms with van der Waals surface area (Å²) in [6.45, 7) is 12.7. The molecular formula is C30H38O7. The number of hydrogen-bond acceptors (Lipinski definition) is 7. The van der Waals surface area contributed by atoms with Crippen LogP contribution in [0.25, 0.3) is 6.08 Å². The van der Waals surface area contributed by atoms with E-state index in [0.29, 0.717) is 40.5 Å². The molecule has 0 aliphatic carbocycles. The van der Waals surface area contributed by atoms with Gasteiger partial charge in [-0.05, 0) is 96.0 Å². The molecule has 200 valence electrons. The van der Waals surface area contributed by atoms with Crippen molar-refractivity contribution in [1.29, 1.82) is 0 Å². The molecule has 2 aromatic carbocycles. The van der Waals surface area contributed by atoms with Gasteiger partial charge in [-0.15, -0.1) is 0 Å². The zero-order chi connectivity index (χ0) is 28.0. The molecule has 0 atom stereocenters. The van der Waals surface area contributed by atoms with Crippen LogP contribution in [0.2, 0.25) is 0 Å². The Morgan fingerprint density at radius 3 is 1.81 bits per heavy atom. The second-order valence-electron chi connectivity index (χ2n) is 10.8. The molecule has 0 saturated carbocycles. The van der Waals surface area contributed by atoms with E-state index in [9.17, 15) is 14.4 Å². The van der Waals surface area contributed by atoms with Crippen molar-refractivity contribution in [2.45, 2.75) is 61.3 Å². The Hall–Kier alpha value is -3.61. The fourth-order valence-corrected chi connectivity index (χ4v) is 3.24. The van der Waals surface area contributed by atoms with Gasteiger partial charge < -0.3 is 18.9 Å². The number of carbonyl (C=O) groups is 3. The molecule has 0 bridgehead atoms. The summed E-state index contributed by atoms with van der Waals surface area (Å²) < 4.78 is 22.3. The predicted octanol–water partition coefficient (Wildman–Crippen LogP) is 6.46. The first-order chi connectivity index (χ1) is 17.2. The van der Waals surface area contributed by atoms with Crippen LogP contribution >= 0.6 is 0 Å². The summed E-state index contributed by atoms with van der Waals surface area (Å²) in [7, 11) is 2.97. The van der Waals surface area contributed by atoms with E-state index in [4.69, 9.17) is 18.9 Å². The first-order valence-electron chi connectivity index (χ1n) is 12.3. The maximum atomic E-state index is 12.9. The predicted molar refractivity (Wildman–Crippen MR) is 144 cm³/mol. The molecule has 7 nitrogen and oxygen atoms in total. The molecule has 0 spiro atoms. The maximum Gasteiger partial charge on any atom is 0.316 e. The lowest BCUT2D eigenvalue weighted by atomic mass is 9.97. The van der Waals surface area contributed by atoms with Crippen molar-refractivity contribution in [2.75, 3.05) is 14.2 Å². The fraction of sp³-hybridized carbons (Fsp3) is 0.433. The first kappa shape index (κ1) is 29.6. The summed E-state index contributed by atoms with van der Waals surface area (Å²) >= 11 is 0. The van der Waals surface area contributed by atoms with E-state index in [0.717, 1.165) is 12.0 Å². The van der Waals surface area contributed by atoms with Gasteiger partial charge in [-0.1, -0.05) is 13.3 Å². The van der Waals surface area contributed by atoms with Crippen LogP contribution in [0.1, 0.15) is 76.4 Å². The molecule has 37 heavy (non-hydrogen) atoms. The van der Waals surface area contributed by atoms with Crippen molar-refractivity contribution in [1.82, 2.24) is 0 Å². The molecule has 0 heterocycles. The Bertz CT molecular complexity index is 1160. The van der Waals surface area contributed by atoms with Gasteiger partial charge in [0.1, 0.15) is 5.75 Å². The summed E-state index contributed by atoms with van der Waals surface area (Å²) in [6, 6.07) is 8.23. The van der Waals surface area contributed by atoms with Crippen molar-refractivity contribution in [3.63, 3.8) is 0 Å². The van der Waals surface area contributed by atoms with Crippen molar-refractivity contribution >= 4 is 23.8 Å². The molecule has 0 aliphatic rings. The van der Waals surface area contributed by atoms with Gasteiger partial charge in [-0.2, -0.15) is 0 Å². The van der Waals surface area contributed by atoms with Crippen LogP contribution in [-0.4, -0.2) is 31.9 Å². The molecule has 2 rings (SSSR count). The quantitative estimate of drug-likeness (QED) is 0.166. The lowest BCUT2D eigenvalue weighted by molar-refractivity contribution is -0.143. The summed E-state index contributed by atoms with van der Waals surface area (Å²) in [5, 5.41) is 0. The average molecular weight is 511 g/mol. The molecule has 0 radical (unpaired) electrons. The Morgan fingerprint density at radius 2 is 1.32 bits per heavy atom. The molecule has 0 fully saturated rings. The number of ether oxygens (including phenoxy) is 4. The minimum atomic E-state index is -0.701. The van der Waals surface area contributed by atoms with Gasteiger partial charge in [0, 0.05) is 11.1 Å². The number of methoxy groups -OCH3 is 2. The largest absolute Gasteiger partial charge is 0.492 e. The Morgan fingerprint density at radius 1 is 0.784 bits per heavy atom. The molecule has 0 aromatic heterocycles. The SMILES string of the molecule is CCCc1cc(C=CC(=O)c2ccc(OC(=O)C(C)(C)C)cc2)c(OC)c(OC)c1OC(=O)C(C)(C)C. The topological polar surface area (TPSA) is 88.1 Å².